The molecule has 0 aliphatic carbocycles. The number of hydrogen-bond acceptors (Lipinski definition) is 5. The predicted octanol–water partition coefficient (Wildman–Crippen LogP) is 1.54. The highest BCUT2D eigenvalue weighted by Gasteiger charge is 2.01. The van der Waals surface area contributed by atoms with Crippen LogP contribution in [0.25, 0.3) is 0 Å². The number of nitrogens with zero attached hydrogens (tertiary/aromatic N) is 3. The topological polar surface area (TPSA) is 74.7 Å². The summed E-state index contributed by atoms with van der Waals surface area (Å²) in [4.78, 5) is 4.08. The lowest BCUT2D eigenvalue weighted by Crippen LogP contribution is -2.13. The van der Waals surface area contributed by atoms with Crippen molar-refractivity contribution in [1.82, 2.24) is 15.5 Å². The van der Waals surface area contributed by atoms with Crippen molar-refractivity contribution in [2.45, 2.75) is 20.0 Å². The van der Waals surface area contributed by atoms with Gasteiger partial charge in [0.2, 0.25) is 5.89 Å². The molecule has 5 nitrogen and oxygen atoms in total. The van der Waals surface area contributed by atoms with E-state index in [1.165, 1.54) is 0 Å². The van der Waals surface area contributed by atoms with Crippen molar-refractivity contribution >= 4 is 0 Å². The van der Waals surface area contributed by atoms with Crippen LogP contribution in [-0.4, -0.2) is 10.1 Å². The van der Waals surface area contributed by atoms with Crippen LogP contribution in [0, 0.1) is 18.3 Å². The van der Waals surface area contributed by atoms with Crippen LogP contribution in [-0.2, 0) is 13.1 Å². The molecule has 1 aromatic carbocycles. The van der Waals surface area contributed by atoms with Crippen LogP contribution in [0.2, 0.25) is 0 Å². The minimum Gasteiger partial charge on any atom is -0.340 e. The van der Waals surface area contributed by atoms with Gasteiger partial charge in [0.1, 0.15) is 0 Å². The van der Waals surface area contributed by atoms with Crippen LogP contribution in [0.5, 0.6) is 0 Å². The van der Waals surface area contributed by atoms with E-state index in [2.05, 4.69) is 21.5 Å². The molecule has 0 aliphatic rings. The van der Waals surface area contributed by atoms with Gasteiger partial charge in [-0.25, -0.2) is 0 Å². The van der Waals surface area contributed by atoms with Crippen molar-refractivity contribution in [3.63, 3.8) is 0 Å². The van der Waals surface area contributed by atoms with E-state index in [9.17, 15) is 0 Å². The Labute approximate surface area is 99.1 Å². The summed E-state index contributed by atoms with van der Waals surface area (Å²) in [6, 6.07) is 9.59. The molecular formula is C12H12N4O. The molecule has 1 heterocycles. The Morgan fingerprint density at radius 2 is 2.29 bits per heavy atom. The van der Waals surface area contributed by atoms with Gasteiger partial charge in [-0.1, -0.05) is 17.3 Å². The molecule has 1 N–H and O–H groups in total. The minimum atomic E-state index is 0.550. The van der Waals surface area contributed by atoms with Gasteiger partial charge in [-0.05, 0) is 17.7 Å². The summed E-state index contributed by atoms with van der Waals surface area (Å²) < 4.78 is 4.86. The third kappa shape index (κ3) is 3.13. The number of rotatable bonds is 4. The summed E-state index contributed by atoms with van der Waals surface area (Å²) in [6.45, 7) is 2.98. The van der Waals surface area contributed by atoms with Crippen LogP contribution in [0.15, 0.2) is 28.8 Å². The SMILES string of the molecule is Cc1nc(CNCc2cccc(C#N)c2)no1. The van der Waals surface area contributed by atoms with Gasteiger partial charge < -0.3 is 9.84 Å². The number of aryl methyl sites for hydroxylation is 1. The number of benzene rings is 1. The Morgan fingerprint density at radius 3 is 3.00 bits per heavy atom. The molecule has 0 radical (unpaired) electrons. The Hall–Kier alpha value is -2.19. The molecule has 2 aromatic rings. The van der Waals surface area contributed by atoms with Gasteiger partial charge in [0, 0.05) is 13.5 Å². The highest BCUT2D eigenvalue weighted by Crippen LogP contribution is 2.04. The fourth-order valence-electron chi connectivity index (χ4n) is 1.48. The first-order valence-corrected chi connectivity index (χ1v) is 5.27. The summed E-state index contributed by atoms with van der Waals surface area (Å²) in [5, 5.41) is 15.7. The van der Waals surface area contributed by atoms with E-state index < -0.39 is 0 Å². The van der Waals surface area contributed by atoms with E-state index in [0.29, 0.717) is 30.4 Å². The average Bonchev–Trinajstić information content (AvgIpc) is 2.75. The van der Waals surface area contributed by atoms with Gasteiger partial charge in [0.05, 0.1) is 18.2 Å². The number of nitrogens with one attached hydrogen (secondary N) is 1. The van der Waals surface area contributed by atoms with E-state index in [4.69, 9.17) is 9.78 Å². The highest BCUT2D eigenvalue weighted by molar-refractivity contribution is 5.32. The Bertz CT molecular complexity index is 541. The summed E-state index contributed by atoms with van der Waals surface area (Å²) in [6.07, 6.45) is 0. The van der Waals surface area contributed by atoms with Crippen LogP contribution < -0.4 is 5.32 Å². The fourth-order valence-corrected chi connectivity index (χ4v) is 1.48. The second-order valence-corrected chi connectivity index (χ2v) is 3.65. The van der Waals surface area contributed by atoms with Crippen molar-refractivity contribution in [1.29, 1.82) is 5.26 Å². The Kier molecular flexibility index (Phi) is 3.48. The molecule has 0 amide bonds. The largest absolute Gasteiger partial charge is 0.340 e. The van der Waals surface area contributed by atoms with Gasteiger partial charge >= 0.3 is 0 Å². The summed E-state index contributed by atoms with van der Waals surface area (Å²) in [5.41, 5.74) is 1.73. The Morgan fingerprint density at radius 1 is 1.41 bits per heavy atom. The van der Waals surface area contributed by atoms with E-state index in [-0.39, 0.29) is 0 Å². The lowest BCUT2D eigenvalue weighted by Gasteiger charge is -2.02. The second-order valence-electron chi connectivity index (χ2n) is 3.65. The molecule has 0 unspecified atom stereocenters. The third-order valence-corrected chi connectivity index (χ3v) is 2.24. The van der Waals surface area contributed by atoms with Crippen molar-refractivity contribution in [3.05, 3.63) is 47.1 Å². The Balaban J connectivity index is 1.88. The average molecular weight is 228 g/mol. The van der Waals surface area contributed by atoms with Crippen molar-refractivity contribution in [2.24, 2.45) is 0 Å². The van der Waals surface area contributed by atoms with Crippen molar-refractivity contribution in [3.8, 4) is 6.07 Å². The maximum absolute atomic E-state index is 8.77. The first kappa shape index (κ1) is 11.3. The second kappa shape index (κ2) is 5.23. The van der Waals surface area contributed by atoms with Gasteiger partial charge in [-0.15, -0.1) is 0 Å². The standard InChI is InChI=1S/C12H12N4O/c1-9-15-12(16-17-9)8-14-7-11-4-2-3-10(5-11)6-13/h2-5,14H,7-8H2,1H3. The molecule has 0 aliphatic heterocycles. The van der Waals surface area contributed by atoms with Gasteiger partial charge in [0.25, 0.3) is 0 Å². The zero-order chi connectivity index (χ0) is 12.1. The first-order chi connectivity index (χ1) is 8.28. The summed E-state index contributed by atoms with van der Waals surface area (Å²) in [5.74, 6) is 1.20. The third-order valence-electron chi connectivity index (χ3n) is 2.24. The zero-order valence-electron chi connectivity index (χ0n) is 9.47. The maximum atomic E-state index is 8.77. The molecule has 0 atom stereocenters. The molecular weight excluding hydrogens is 216 g/mol. The lowest BCUT2D eigenvalue weighted by molar-refractivity contribution is 0.385. The van der Waals surface area contributed by atoms with E-state index in [1.54, 1.807) is 13.0 Å². The molecule has 1 aromatic heterocycles. The highest BCUT2D eigenvalue weighted by atomic mass is 16.5. The van der Waals surface area contributed by atoms with E-state index in [1.807, 2.05) is 18.2 Å². The fraction of sp³-hybridized carbons (Fsp3) is 0.250. The molecule has 5 heteroatoms. The molecule has 0 saturated carbocycles. The smallest absolute Gasteiger partial charge is 0.223 e. The monoisotopic (exact) mass is 228 g/mol. The molecule has 0 spiro atoms. The lowest BCUT2D eigenvalue weighted by atomic mass is 10.1. The van der Waals surface area contributed by atoms with Crippen LogP contribution in [0.1, 0.15) is 22.8 Å². The van der Waals surface area contributed by atoms with Crippen molar-refractivity contribution < 1.29 is 4.52 Å². The first-order valence-electron chi connectivity index (χ1n) is 5.27. The molecule has 0 saturated heterocycles. The maximum Gasteiger partial charge on any atom is 0.223 e. The van der Waals surface area contributed by atoms with Gasteiger partial charge in [0.15, 0.2) is 5.82 Å². The quantitative estimate of drug-likeness (QED) is 0.859. The number of hydrogen-bond donors (Lipinski definition) is 1. The molecule has 0 fully saturated rings. The van der Waals surface area contributed by atoms with E-state index in [0.717, 1.165) is 5.56 Å². The normalized spacial score (nSPS) is 10.1. The minimum absolute atomic E-state index is 0.550. The van der Waals surface area contributed by atoms with Crippen LogP contribution in [0.3, 0.4) is 0 Å². The molecule has 17 heavy (non-hydrogen) atoms. The zero-order valence-corrected chi connectivity index (χ0v) is 9.47. The van der Waals surface area contributed by atoms with Crippen molar-refractivity contribution in [2.75, 3.05) is 0 Å². The molecule has 2 rings (SSSR count). The van der Waals surface area contributed by atoms with Crippen LogP contribution >= 0.6 is 0 Å². The predicted molar refractivity (Wildman–Crippen MR) is 60.7 cm³/mol. The number of aromatic nitrogens is 2. The summed E-state index contributed by atoms with van der Waals surface area (Å²) >= 11 is 0. The molecule has 0 bridgehead atoms. The molecule has 86 valence electrons. The van der Waals surface area contributed by atoms with Gasteiger partial charge in [-0.3, -0.25) is 0 Å². The summed E-state index contributed by atoms with van der Waals surface area (Å²) in [7, 11) is 0. The van der Waals surface area contributed by atoms with Gasteiger partial charge in [-0.2, -0.15) is 10.2 Å². The van der Waals surface area contributed by atoms with E-state index >= 15 is 0 Å². The number of nitriles is 1. The van der Waals surface area contributed by atoms with Crippen LogP contribution in [0.4, 0.5) is 0 Å².